The highest BCUT2D eigenvalue weighted by Gasteiger charge is 2.08. The number of nitrogens with zero attached hydrogens (tertiary/aromatic N) is 1. The first-order valence-electron chi connectivity index (χ1n) is 4.96. The maximum atomic E-state index is 11.7. The Bertz CT molecular complexity index is 793. The number of rotatable bonds is 0. The maximum absolute atomic E-state index is 11.7. The minimum Gasteiger partial charge on any atom is -0.508 e. The van der Waals surface area contributed by atoms with Gasteiger partial charge in [0.2, 0.25) is 0 Å². The molecule has 0 amide bonds. The third-order valence-electron chi connectivity index (χ3n) is 2.60. The Kier molecular flexibility index (Phi) is 1.82. The molecule has 0 unspecified atom stereocenters. The van der Waals surface area contributed by atoms with Gasteiger partial charge in [0.15, 0.2) is 0 Å². The molecule has 0 saturated heterocycles. The fourth-order valence-corrected chi connectivity index (χ4v) is 1.83. The molecule has 0 fully saturated rings. The monoisotopic (exact) mass is 228 g/mol. The molecule has 0 bridgehead atoms. The second kappa shape index (κ2) is 3.21. The number of anilines is 1. The normalized spacial score (nSPS) is 11.1. The summed E-state index contributed by atoms with van der Waals surface area (Å²) < 4.78 is 5.12. The number of aromatic hydroxyl groups is 1. The lowest BCUT2D eigenvalue weighted by Crippen LogP contribution is -2.00. The first kappa shape index (κ1) is 9.65. The van der Waals surface area contributed by atoms with Gasteiger partial charge in [0.05, 0.1) is 5.39 Å². The molecule has 3 aromatic rings. The SMILES string of the molecule is Nc1cc2oc(=O)c3cc(O)ccc3c2cn1. The summed E-state index contributed by atoms with van der Waals surface area (Å²) in [4.78, 5) is 15.7. The van der Waals surface area contributed by atoms with Gasteiger partial charge in [-0.25, -0.2) is 9.78 Å². The molecular formula is C12H8N2O3. The average molecular weight is 228 g/mol. The molecule has 17 heavy (non-hydrogen) atoms. The van der Waals surface area contributed by atoms with Crippen LogP contribution in [0.15, 0.2) is 39.7 Å². The molecule has 0 spiro atoms. The van der Waals surface area contributed by atoms with Crippen LogP contribution in [0.25, 0.3) is 21.7 Å². The molecule has 0 aliphatic heterocycles. The topological polar surface area (TPSA) is 89.3 Å². The number of nitrogen functional groups attached to an aromatic ring is 1. The van der Waals surface area contributed by atoms with E-state index in [4.69, 9.17) is 10.2 Å². The smallest absolute Gasteiger partial charge is 0.344 e. The van der Waals surface area contributed by atoms with Crippen LogP contribution in [-0.4, -0.2) is 10.1 Å². The van der Waals surface area contributed by atoms with Crippen LogP contribution in [0.4, 0.5) is 5.82 Å². The van der Waals surface area contributed by atoms with Gasteiger partial charge < -0.3 is 15.3 Å². The van der Waals surface area contributed by atoms with Crippen LogP contribution in [0, 0.1) is 0 Å². The minimum absolute atomic E-state index is 0.0209. The second-order valence-corrected chi connectivity index (χ2v) is 3.72. The van der Waals surface area contributed by atoms with Gasteiger partial charge in [-0.1, -0.05) is 0 Å². The van der Waals surface area contributed by atoms with Gasteiger partial charge in [0, 0.05) is 23.0 Å². The lowest BCUT2D eigenvalue weighted by molar-refractivity contribution is 0.475. The van der Waals surface area contributed by atoms with E-state index in [0.29, 0.717) is 27.6 Å². The number of benzene rings is 1. The van der Waals surface area contributed by atoms with Crippen LogP contribution >= 0.6 is 0 Å². The Morgan fingerprint density at radius 3 is 2.82 bits per heavy atom. The summed E-state index contributed by atoms with van der Waals surface area (Å²) >= 11 is 0. The molecule has 0 aliphatic rings. The molecule has 3 N–H and O–H groups in total. The van der Waals surface area contributed by atoms with E-state index in [1.165, 1.54) is 18.2 Å². The molecule has 2 aromatic heterocycles. The molecule has 3 rings (SSSR count). The zero-order valence-electron chi connectivity index (χ0n) is 8.68. The predicted octanol–water partition coefficient (Wildman–Crippen LogP) is 1.63. The van der Waals surface area contributed by atoms with Crippen molar-refractivity contribution in [2.24, 2.45) is 0 Å². The van der Waals surface area contributed by atoms with Crippen molar-refractivity contribution in [3.05, 3.63) is 40.9 Å². The fourth-order valence-electron chi connectivity index (χ4n) is 1.83. The molecular weight excluding hydrogens is 220 g/mol. The zero-order valence-corrected chi connectivity index (χ0v) is 8.68. The van der Waals surface area contributed by atoms with Gasteiger partial charge in [-0.05, 0) is 18.2 Å². The van der Waals surface area contributed by atoms with Crippen LogP contribution < -0.4 is 11.4 Å². The third kappa shape index (κ3) is 1.40. The molecule has 5 nitrogen and oxygen atoms in total. The van der Waals surface area contributed by atoms with Crippen molar-refractivity contribution < 1.29 is 9.52 Å². The number of nitrogens with two attached hydrogens (primary N) is 1. The lowest BCUT2D eigenvalue weighted by Gasteiger charge is -2.02. The molecule has 84 valence electrons. The molecule has 0 radical (unpaired) electrons. The van der Waals surface area contributed by atoms with E-state index < -0.39 is 5.63 Å². The van der Waals surface area contributed by atoms with Crippen LogP contribution in [0.2, 0.25) is 0 Å². The van der Waals surface area contributed by atoms with Gasteiger partial charge in [0.25, 0.3) is 0 Å². The van der Waals surface area contributed by atoms with Gasteiger partial charge in [-0.2, -0.15) is 0 Å². The van der Waals surface area contributed by atoms with E-state index in [0.717, 1.165) is 0 Å². The van der Waals surface area contributed by atoms with Gasteiger partial charge in [-0.15, -0.1) is 0 Å². The number of hydrogen-bond donors (Lipinski definition) is 2. The predicted molar refractivity (Wildman–Crippen MR) is 63.9 cm³/mol. The van der Waals surface area contributed by atoms with E-state index in [1.807, 2.05) is 0 Å². The fraction of sp³-hybridized carbons (Fsp3) is 0. The van der Waals surface area contributed by atoms with Gasteiger partial charge >= 0.3 is 5.63 Å². The third-order valence-corrected chi connectivity index (χ3v) is 2.60. The highest BCUT2D eigenvalue weighted by Crippen LogP contribution is 2.25. The van der Waals surface area contributed by atoms with E-state index in [9.17, 15) is 9.90 Å². The summed E-state index contributed by atoms with van der Waals surface area (Å²) in [5.41, 5.74) is 5.41. The summed E-state index contributed by atoms with van der Waals surface area (Å²) in [6, 6.07) is 6.04. The largest absolute Gasteiger partial charge is 0.508 e. The van der Waals surface area contributed by atoms with Crippen molar-refractivity contribution in [3.63, 3.8) is 0 Å². The van der Waals surface area contributed by atoms with E-state index >= 15 is 0 Å². The second-order valence-electron chi connectivity index (χ2n) is 3.72. The number of phenolic OH excluding ortho intramolecular Hbond substituents is 1. The van der Waals surface area contributed by atoms with Crippen molar-refractivity contribution in [1.29, 1.82) is 0 Å². The Morgan fingerprint density at radius 1 is 1.18 bits per heavy atom. The van der Waals surface area contributed by atoms with Gasteiger partial charge in [0.1, 0.15) is 17.2 Å². The Hall–Kier alpha value is -2.56. The number of phenols is 1. The van der Waals surface area contributed by atoms with Crippen molar-refractivity contribution in [3.8, 4) is 5.75 Å². The first-order chi connectivity index (χ1) is 8.15. The minimum atomic E-state index is -0.506. The van der Waals surface area contributed by atoms with Crippen molar-refractivity contribution in [2.45, 2.75) is 0 Å². The van der Waals surface area contributed by atoms with E-state index in [1.54, 1.807) is 12.3 Å². The van der Waals surface area contributed by atoms with Gasteiger partial charge in [-0.3, -0.25) is 0 Å². The summed E-state index contributed by atoms with van der Waals surface area (Å²) in [5, 5.41) is 11.0. The van der Waals surface area contributed by atoms with Crippen molar-refractivity contribution in [2.75, 3.05) is 5.73 Å². The molecule has 2 heterocycles. The lowest BCUT2D eigenvalue weighted by atomic mass is 10.1. The number of hydrogen-bond acceptors (Lipinski definition) is 5. The summed E-state index contributed by atoms with van der Waals surface area (Å²) in [6.45, 7) is 0. The molecule has 5 heteroatoms. The van der Waals surface area contributed by atoms with Crippen LogP contribution in [0.5, 0.6) is 5.75 Å². The van der Waals surface area contributed by atoms with Crippen LogP contribution in [0.3, 0.4) is 0 Å². The van der Waals surface area contributed by atoms with Crippen LogP contribution in [-0.2, 0) is 0 Å². The summed E-state index contributed by atoms with van der Waals surface area (Å²) in [5.74, 6) is 0.311. The Balaban J connectivity index is 2.60. The Labute approximate surface area is 95.1 Å². The standard InChI is InChI=1S/C12H8N2O3/c13-11-4-10-9(5-14-11)7-2-1-6(15)3-8(7)12(16)17-10/h1-5,15H,(H2,13,14). The number of aromatic nitrogens is 1. The van der Waals surface area contributed by atoms with Crippen molar-refractivity contribution in [1.82, 2.24) is 4.98 Å². The zero-order chi connectivity index (χ0) is 12.0. The summed E-state index contributed by atoms with van der Waals surface area (Å²) in [7, 11) is 0. The van der Waals surface area contributed by atoms with E-state index in [-0.39, 0.29) is 5.75 Å². The van der Waals surface area contributed by atoms with Crippen LogP contribution in [0.1, 0.15) is 0 Å². The summed E-state index contributed by atoms with van der Waals surface area (Å²) in [6.07, 6.45) is 1.55. The van der Waals surface area contributed by atoms with E-state index in [2.05, 4.69) is 4.98 Å². The number of fused-ring (bicyclic) bond motifs is 3. The number of pyridine rings is 1. The highest BCUT2D eigenvalue weighted by atomic mass is 16.4. The maximum Gasteiger partial charge on any atom is 0.344 e. The first-order valence-corrected chi connectivity index (χ1v) is 4.96. The quantitative estimate of drug-likeness (QED) is 0.571. The molecule has 0 aliphatic carbocycles. The Morgan fingerprint density at radius 2 is 2.00 bits per heavy atom. The average Bonchev–Trinajstić information content (AvgIpc) is 2.29. The van der Waals surface area contributed by atoms with Crippen molar-refractivity contribution >= 4 is 27.6 Å². The molecule has 0 saturated carbocycles. The molecule has 1 aromatic carbocycles. The molecule has 0 atom stereocenters. The highest BCUT2D eigenvalue weighted by molar-refractivity contribution is 6.04.